The molecular weight excluding hydrogens is 282 g/mol. The number of benzene rings is 1. The van der Waals surface area contributed by atoms with Gasteiger partial charge in [-0.3, -0.25) is 4.79 Å². The lowest BCUT2D eigenvalue weighted by molar-refractivity contribution is 0.691. The van der Waals surface area contributed by atoms with E-state index in [4.69, 9.17) is 0 Å². The molecule has 3 rings (SSSR count). The Kier molecular flexibility index (Phi) is 3.84. The number of hydrogen-bond donors (Lipinski definition) is 0. The minimum absolute atomic E-state index is 0.0194. The van der Waals surface area contributed by atoms with Crippen LogP contribution in [-0.2, 0) is 13.1 Å². The summed E-state index contributed by atoms with van der Waals surface area (Å²) in [5, 5.41) is 0.891. The Hall–Kier alpha value is -2.01. The predicted octanol–water partition coefficient (Wildman–Crippen LogP) is 2.99. The van der Waals surface area contributed by atoms with Gasteiger partial charge in [0.05, 0.1) is 12.1 Å². The molecular formula is C16H17N3OS. The number of thioether (sulfide) groups is 1. The molecule has 0 N–H and O–H groups in total. The molecule has 0 fully saturated rings. The lowest BCUT2D eigenvalue weighted by Gasteiger charge is -2.07. The summed E-state index contributed by atoms with van der Waals surface area (Å²) >= 11 is 1.57. The molecule has 0 atom stereocenters. The van der Waals surface area contributed by atoms with E-state index in [-0.39, 0.29) is 5.56 Å². The van der Waals surface area contributed by atoms with Crippen LogP contribution in [0.4, 0.5) is 0 Å². The van der Waals surface area contributed by atoms with E-state index in [1.54, 1.807) is 16.3 Å². The molecule has 108 valence electrons. The Balaban J connectivity index is 2.13. The van der Waals surface area contributed by atoms with Crippen molar-refractivity contribution >= 4 is 22.8 Å². The molecule has 2 heterocycles. The van der Waals surface area contributed by atoms with Crippen LogP contribution < -0.4 is 5.56 Å². The van der Waals surface area contributed by atoms with Crippen LogP contribution >= 0.6 is 11.8 Å². The average Bonchev–Trinajstić information content (AvgIpc) is 2.89. The zero-order valence-electron chi connectivity index (χ0n) is 12.1. The van der Waals surface area contributed by atoms with E-state index >= 15 is 0 Å². The van der Waals surface area contributed by atoms with Gasteiger partial charge in [0.15, 0.2) is 5.16 Å². The maximum atomic E-state index is 12.7. The van der Waals surface area contributed by atoms with Gasteiger partial charge in [-0.15, -0.1) is 0 Å². The fraction of sp³-hybridized carbons (Fsp3) is 0.250. The van der Waals surface area contributed by atoms with Crippen molar-refractivity contribution in [1.82, 2.24) is 14.1 Å². The highest BCUT2D eigenvalue weighted by Gasteiger charge is 2.13. The molecule has 0 spiro atoms. The minimum atomic E-state index is 0.0194. The first-order valence-corrected chi connectivity index (χ1v) is 8.14. The van der Waals surface area contributed by atoms with Crippen molar-refractivity contribution < 1.29 is 0 Å². The van der Waals surface area contributed by atoms with Crippen molar-refractivity contribution in [2.45, 2.75) is 25.2 Å². The highest BCUT2D eigenvalue weighted by molar-refractivity contribution is 7.98. The number of hydrogen-bond acceptors (Lipinski definition) is 3. The number of pyridine rings is 1. The van der Waals surface area contributed by atoms with Crippen LogP contribution in [0.5, 0.6) is 0 Å². The summed E-state index contributed by atoms with van der Waals surface area (Å²) in [4.78, 5) is 17.3. The number of rotatable bonds is 4. The average molecular weight is 299 g/mol. The normalized spacial score (nSPS) is 11.1. The van der Waals surface area contributed by atoms with Gasteiger partial charge in [-0.25, -0.2) is 4.98 Å². The third-order valence-electron chi connectivity index (χ3n) is 3.53. The first-order chi connectivity index (χ1) is 10.2. The van der Waals surface area contributed by atoms with Crippen LogP contribution in [0.15, 0.2) is 52.5 Å². The van der Waals surface area contributed by atoms with Gasteiger partial charge in [-0.05, 0) is 24.8 Å². The van der Waals surface area contributed by atoms with Crippen molar-refractivity contribution in [3.63, 3.8) is 0 Å². The molecule has 0 unspecified atom stereocenters. The van der Waals surface area contributed by atoms with Crippen molar-refractivity contribution in [2.75, 3.05) is 6.26 Å². The van der Waals surface area contributed by atoms with Crippen molar-refractivity contribution in [2.24, 2.45) is 0 Å². The van der Waals surface area contributed by atoms with Gasteiger partial charge >= 0.3 is 0 Å². The van der Waals surface area contributed by atoms with Gasteiger partial charge in [0.1, 0.15) is 5.52 Å². The molecule has 0 amide bonds. The molecule has 21 heavy (non-hydrogen) atoms. The second-order valence-corrected chi connectivity index (χ2v) is 5.58. The SMILES string of the molecule is CCn1c(SC)nc2ccn(Cc3ccccc3)c(=O)c21. The lowest BCUT2D eigenvalue weighted by Crippen LogP contribution is -2.22. The van der Waals surface area contributed by atoms with Crippen molar-refractivity contribution in [3.05, 3.63) is 58.5 Å². The van der Waals surface area contributed by atoms with Crippen LogP contribution in [0.25, 0.3) is 11.0 Å². The molecule has 0 bridgehead atoms. The van der Waals surface area contributed by atoms with Gasteiger partial charge < -0.3 is 9.13 Å². The highest BCUT2D eigenvalue weighted by Crippen LogP contribution is 2.19. The second kappa shape index (κ2) is 5.77. The molecule has 0 aliphatic rings. The standard InChI is InChI=1S/C16H17N3OS/c1-3-19-14-13(17-16(19)21-2)9-10-18(15(14)20)11-12-7-5-4-6-8-12/h4-10H,3,11H2,1-2H3. The van der Waals surface area contributed by atoms with Crippen LogP contribution in [0.2, 0.25) is 0 Å². The number of nitrogens with zero attached hydrogens (tertiary/aromatic N) is 3. The van der Waals surface area contributed by atoms with E-state index in [0.717, 1.165) is 22.8 Å². The van der Waals surface area contributed by atoms with E-state index in [0.29, 0.717) is 12.1 Å². The predicted molar refractivity (Wildman–Crippen MR) is 87.0 cm³/mol. The largest absolute Gasteiger partial charge is 0.315 e. The lowest BCUT2D eigenvalue weighted by atomic mass is 10.2. The fourth-order valence-electron chi connectivity index (χ4n) is 2.51. The molecule has 0 saturated carbocycles. The summed E-state index contributed by atoms with van der Waals surface area (Å²) in [5.74, 6) is 0. The molecule has 0 saturated heterocycles. The maximum Gasteiger partial charge on any atom is 0.277 e. The molecule has 0 radical (unpaired) electrons. The molecule has 0 aliphatic carbocycles. The van der Waals surface area contributed by atoms with Crippen LogP contribution in [-0.4, -0.2) is 20.4 Å². The smallest absolute Gasteiger partial charge is 0.277 e. The first-order valence-electron chi connectivity index (χ1n) is 6.92. The monoisotopic (exact) mass is 299 g/mol. The van der Waals surface area contributed by atoms with E-state index in [1.165, 1.54) is 0 Å². The van der Waals surface area contributed by atoms with E-state index in [9.17, 15) is 4.79 Å². The van der Waals surface area contributed by atoms with Gasteiger partial charge in [-0.1, -0.05) is 42.1 Å². The molecule has 2 aromatic heterocycles. The van der Waals surface area contributed by atoms with Gasteiger partial charge in [0.25, 0.3) is 5.56 Å². The zero-order chi connectivity index (χ0) is 14.8. The summed E-state index contributed by atoms with van der Waals surface area (Å²) in [5.41, 5.74) is 2.60. The fourth-order valence-corrected chi connectivity index (χ4v) is 3.14. The van der Waals surface area contributed by atoms with E-state index in [1.807, 2.05) is 60.3 Å². The molecule has 5 heteroatoms. The van der Waals surface area contributed by atoms with Gasteiger partial charge in [0.2, 0.25) is 0 Å². The number of fused-ring (bicyclic) bond motifs is 1. The topological polar surface area (TPSA) is 39.8 Å². The van der Waals surface area contributed by atoms with E-state index in [2.05, 4.69) is 4.98 Å². The molecule has 3 aromatic rings. The summed E-state index contributed by atoms with van der Waals surface area (Å²) in [7, 11) is 0. The summed E-state index contributed by atoms with van der Waals surface area (Å²) in [6.07, 6.45) is 3.81. The minimum Gasteiger partial charge on any atom is -0.315 e. The number of aromatic nitrogens is 3. The highest BCUT2D eigenvalue weighted by atomic mass is 32.2. The zero-order valence-corrected chi connectivity index (χ0v) is 12.9. The van der Waals surface area contributed by atoms with Crippen LogP contribution in [0.3, 0.4) is 0 Å². The van der Waals surface area contributed by atoms with Crippen molar-refractivity contribution in [3.8, 4) is 0 Å². The Morgan fingerprint density at radius 3 is 2.62 bits per heavy atom. The Morgan fingerprint density at radius 1 is 1.19 bits per heavy atom. The summed E-state index contributed by atoms with van der Waals surface area (Å²) in [6, 6.07) is 11.9. The Morgan fingerprint density at radius 2 is 1.95 bits per heavy atom. The third-order valence-corrected chi connectivity index (χ3v) is 4.21. The first kappa shape index (κ1) is 13.9. The molecule has 4 nitrogen and oxygen atoms in total. The van der Waals surface area contributed by atoms with Crippen molar-refractivity contribution in [1.29, 1.82) is 0 Å². The molecule has 0 aliphatic heterocycles. The Bertz CT molecular complexity index is 821. The Labute approximate surface area is 127 Å². The second-order valence-electron chi connectivity index (χ2n) is 4.81. The number of imidazole rings is 1. The molecule has 1 aromatic carbocycles. The summed E-state index contributed by atoms with van der Waals surface area (Å²) < 4.78 is 3.74. The van der Waals surface area contributed by atoms with Crippen LogP contribution in [0, 0.1) is 0 Å². The van der Waals surface area contributed by atoms with Crippen LogP contribution in [0.1, 0.15) is 12.5 Å². The van der Waals surface area contributed by atoms with Gasteiger partial charge in [-0.2, -0.15) is 0 Å². The van der Waals surface area contributed by atoms with Gasteiger partial charge in [0, 0.05) is 12.7 Å². The summed E-state index contributed by atoms with van der Waals surface area (Å²) in [6.45, 7) is 3.37. The van der Waals surface area contributed by atoms with E-state index < -0.39 is 0 Å². The third kappa shape index (κ3) is 2.49. The number of aryl methyl sites for hydroxylation is 1. The maximum absolute atomic E-state index is 12.7. The quantitative estimate of drug-likeness (QED) is 0.695.